The Labute approximate surface area is 229 Å². The molecular formula is C28H27ClN6O4. The number of carbonyl (C=O) groups is 2. The van der Waals surface area contributed by atoms with Gasteiger partial charge in [-0.3, -0.25) is 9.48 Å². The first-order chi connectivity index (χ1) is 19.0. The lowest BCUT2D eigenvalue weighted by Crippen LogP contribution is -2.06. The van der Waals surface area contributed by atoms with Crippen LogP contribution >= 0.6 is 11.6 Å². The summed E-state index contributed by atoms with van der Waals surface area (Å²) in [5, 5.41) is 4.92. The number of aryl methyl sites for hydroxylation is 1. The Morgan fingerprint density at radius 1 is 1.13 bits per heavy atom. The van der Waals surface area contributed by atoms with E-state index in [4.69, 9.17) is 26.1 Å². The van der Waals surface area contributed by atoms with Crippen molar-refractivity contribution in [2.75, 3.05) is 6.61 Å². The molecule has 1 aliphatic carbocycles. The van der Waals surface area contributed by atoms with E-state index >= 15 is 0 Å². The van der Waals surface area contributed by atoms with E-state index in [0.29, 0.717) is 48.2 Å². The Bertz CT molecular complexity index is 1680. The number of fused-ring (bicyclic) bond motifs is 2. The molecule has 39 heavy (non-hydrogen) atoms. The fourth-order valence-electron chi connectivity index (χ4n) is 4.68. The molecule has 0 saturated heterocycles. The maximum absolute atomic E-state index is 12.7. The van der Waals surface area contributed by atoms with Gasteiger partial charge in [0.05, 0.1) is 42.4 Å². The second kappa shape index (κ2) is 10.5. The van der Waals surface area contributed by atoms with E-state index < -0.39 is 5.97 Å². The molecule has 0 radical (unpaired) electrons. The van der Waals surface area contributed by atoms with Crippen molar-refractivity contribution in [3.05, 3.63) is 88.6 Å². The van der Waals surface area contributed by atoms with Gasteiger partial charge >= 0.3 is 11.9 Å². The zero-order chi connectivity index (χ0) is 26.9. The van der Waals surface area contributed by atoms with Gasteiger partial charge in [0.15, 0.2) is 0 Å². The summed E-state index contributed by atoms with van der Waals surface area (Å²) in [6.07, 6.45) is 13.9. The number of hydrogen-bond acceptors (Lipinski definition) is 7. The highest BCUT2D eigenvalue weighted by molar-refractivity contribution is 6.30. The number of hydrogen-bond donors (Lipinski definition) is 0. The predicted molar refractivity (Wildman–Crippen MR) is 143 cm³/mol. The molecule has 5 aromatic heterocycles. The van der Waals surface area contributed by atoms with Crippen molar-refractivity contribution in [1.29, 1.82) is 0 Å². The molecule has 0 aromatic carbocycles. The van der Waals surface area contributed by atoms with Crippen molar-refractivity contribution in [2.24, 2.45) is 0 Å². The molecule has 11 heteroatoms. The lowest BCUT2D eigenvalue weighted by atomic mass is 10.1. The second-order valence-corrected chi connectivity index (χ2v) is 10.1. The molecule has 5 heterocycles. The molecule has 200 valence electrons. The largest absolute Gasteiger partial charge is 0.466 e. The summed E-state index contributed by atoms with van der Waals surface area (Å²) in [5.74, 6) is -0.131. The van der Waals surface area contributed by atoms with Crippen LogP contribution in [0.25, 0.3) is 11.2 Å². The summed E-state index contributed by atoms with van der Waals surface area (Å²) < 4.78 is 16.1. The van der Waals surface area contributed by atoms with Crippen molar-refractivity contribution in [2.45, 2.75) is 51.7 Å². The minimum atomic E-state index is -0.491. The van der Waals surface area contributed by atoms with Crippen LogP contribution < -0.4 is 0 Å². The first-order valence-electron chi connectivity index (χ1n) is 12.9. The van der Waals surface area contributed by atoms with Gasteiger partial charge in [0.25, 0.3) is 0 Å². The molecule has 1 saturated carbocycles. The van der Waals surface area contributed by atoms with Gasteiger partial charge in [-0.1, -0.05) is 17.7 Å². The van der Waals surface area contributed by atoms with Gasteiger partial charge in [-0.2, -0.15) is 5.10 Å². The lowest BCUT2D eigenvalue weighted by molar-refractivity contribution is -0.143. The normalized spacial score (nSPS) is 13.3. The molecule has 10 nitrogen and oxygen atoms in total. The van der Waals surface area contributed by atoms with Crippen LogP contribution in [0, 0.1) is 0 Å². The van der Waals surface area contributed by atoms with E-state index in [9.17, 15) is 9.59 Å². The highest BCUT2D eigenvalue weighted by Gasteiger charge is 2.25. The summed E-state index contributed by atoms with van der Waals surface area (Å²) in [5.41, 5.74) is 5.64. The Morgan fingerprint density at radius 2 is 2.00 bits per heavy atom. The fraction of sp³-hybridized carbons (Fsp3) is 0.321. The summed E-state index contributed by atoms with van der Waals surface area (Å²) in [6, 6.07) is 5.71. The first kappa shape index (κ1) is 25.1. The summed E-state index contributed by atoms with van der Waals surface area (Å²) in [7, 11) is 0. The average Bonchev–Trinajstić information content (AvgIpc) is 3.33. The number of halogens is 1. The van der Waals surface area contributed by atoms with Gasteiger partial charge < -0.3 is 18.3 Å². The number of carbonyl (C=O) groups excluding carboxylic acids is 2. The molecule has 0 atom stereocenters. The van der Waals surface area contributed by atoms with Gasteiger partial charge in [0.2, 0.25) is 0 Å². The zero-order valence-electron chi connectivity index (χ0n) is 21.4. The van der Waals surface area contributed by atoms with Gasteiger partial charge in [-0.25, -0.2) is 14.8 Å². The summed E-state index contributed by atoms with van der Waals surface area (Å²) in [4.78, 5) is 33.8. The maximum Gasteiger partial charge on any atom is 0.341 e. The van der Waals surface area contributed by atoms with Crippen LogP contribution in [0.3, 0.4) is 0 Å². The number of pyridine rings is 2. The third kappa shape index (κ3) is 5.51. The van der Waals surface area contributed by atoms with E-state index in [0.717, 1.165) is 22.4 Å². The molecule has 6 rings (SSSR count). The highest BCUT2D eigenvalue weighted by atomic mass is 35.5. The second-order valence-electron chi connectivity index (χ2n) is 9.67. The van der Waals surface area contributed by atoms with Crippen LogP contribution in [0.4, 0.5) is 0 Å². The quantitative estimate of drug-likeness (QED) is 0.235. The molecule has 0 N–H and O–H groups in total. The Hall–Kier alpha value is -4.18. The van der Waals surface area contributed by atoms with E-state index in [1.165, 1.54) is 24.6 Å². The average molecular weight is 547 g/mol. The number of aromatic nitrogens is 6. The zero-order valence-corrected chi connectivity index (χ0v) is 22.2. The first-order valence-corrected chi connectivity index (χ1v) is 13.3. The number of esters is 2. The van der Waals surface area contributed by atoms with Crippen molar-refractivity contribution < 1.29 is 19.1 Å². The number of nitrogens with zero attached hydrogens (tertiary/aromatic N) is 6. The van der Waals surface area contributed by atoms with Crippen LogP contribution in [0.5, 0.6) is 0 Å². The molecule has 1 aliphatic rings. The Kier molecular flexibility index (Phi) is 6.78. The highest BCUT2D eigenvalue weighted by Crippen LogP contribution is 2.40. The number of ether oxygens (including phenoxy) is 2. The SMILES string of the molecule is CCOC(=O)CCc1cc(C2CC2)cn2cc(Cn3cc(C(=O)OCc4ncn5ccc(Cl)cc45)cn3)nc12. The van der Waals surface area contributed by atoms with E-state index in [1.807, 2.05) is 21.9 Å². The molecule has 5 aromatic rings. The fourth-order valence-corrected chi connectivity index (χ4v) is 4.84. The van der Waals surface area contributed by atoms with Crippen LogP contribution in [-0.4, -0.2) is 47.1 Å². The minimum absolute atomic E-state index is 0.0190. The summed E-state index contributed by atoms with van der Waals surface area (Å²) >= 11 is 6.09. The van der Waals surface area contributed by atoms with E-state index in [-0.39, 0.29) is 12.6 Å². The predicted octanol–water partition coefficient (Wildman–Crippen LogP) is 4.61. The van der Waals surface area contributed by atoms with Gasteiger partial charge in [-0.15, -0.1) is 0 Å². The molecular weight excluding hydrogens is 520 g/mol. The van der Waals surface area contributed by atoms with Crippen molar-refractivity contribution in [1.82, 2.24) is 28.5 Å². The molecule has 1 fully saturated rings. The number of imidazole rings is 2. The van der Waals surface area contributed by atoms with E-state index in [2.05, 4.69) is 22.3 Å². The maximum atomic E-state index is 12.7. The standard InChI is InChI=1S/C28H27ClN6O4/c1-2-38-26(36)6-5-19-9-20(18-3-4-18)12-34-14-23(32-27(19)34)15-35-13-21(11-31-35)28(37)39-16-24-25-10-22(29)7-8-33(25)17-30-24/h7-14,17-18H,2-6,15-16H2,1H3. The Morgan fingerprint density at radius 3 is 2.82 bits per heavy atom. The third-order valence-corrected chi connectivity index (χ3v) is 7.00. The molecule has 0 aliphatic heterocycles. The minimum Gasteiger partial charge on any atom is -0.466 e. The van der Waals surface area contributed by atoms with Crippen LogP contribution in [-0.2, 0) is 33.8 Å². The van der Waals surface area contributed by atoms with Crippen LogP contribution in [0.2, 0.25) is 5.02 Å². The number of rotatable bonds is 10. The van der Waals surface area contributed by atoms with Crippen LogP contribution in [0.1, 0.15) is 65.0 Å². The Balaban J connectivity index is 1.15. The molecule has 0 spiro atoms. The summed E-state index contributed by atoms with van der Waals surface area (Å²) in [6.45, 7) is 2.59. The van der Waals surface area contributed by atoms with Crippen molar-refractivity contribution in [3.8, 4) is 0 Å². The van der Waals surface area contributed by atoms with Gasteiger partial charge in [0.1, 0.15) is 17.9 Å². The molecule has 0 bridgehead atoms. The van der Waals surface area contributed by atoms with E-state index in [1.54, 1.807) is 35.5 Å². The molecule has 0 unspecified atom stereocenters. The van der Waals surface area contributed by atoms with Gasteiger partial charge in [0, 0.05) is 36.2 Å². The molecule has 0 amide bonds. The van der Waals surface area contributed by atoms with Gasteiger partial charge in [-0.05, 0) is 55.4 Å². The lowest BCUT2D eigenvalue weighted by Gasteiger charge is -2.07. The smallest absolute Gasteiger partial charge is 0.341 e. The van der Waals surface area contributed by atoms with Crippen LogP contribution in [0.15, 0.2) is 55.5 Å². The monoisotopic (exact) mass is 546 g/mol. The van der Waals surface area contributed by atoms with Crippen molar-refractivity contribution >= 4 is 34.7 Å². The topological polar surface area (TPSA) is 105 Å². The third-order valence-electron chi connectivity index (χ3n) is 6.76. The van der Waals surface area contributed by atoms with Crippen molar-refractivity contribution in [3.63, 3.8) is 0 Å².